The van der Waals surface area contributed by atoms with Crippen LogP contribution in [0.5, 0.6) is 0 Å². The van der Waals surface area contributed by atoms with E-state index in [1.165, 1.54) is 23.1 Å². The number of hydrogen-bond acceptors (Lipinski definition) is 7. The summed E-state index contributed by atoms with van der Waals surface area (Å²) in [6, 6.07) is 15.4. The molecule has 2 N–H and O–H groups in total. The second kappa shape index (κ2) is 9.86. The van der Waals surface area contributed by atoms with E-state index in [-0.39, 0.29) is 17.2 Å². The van der Waals surface area contributed by atoms with Gasteiger partial charge in [0.15, 0.2) is 4.34 Å². The summed E-state index contributed by atoms with van der Waals surface area (Å²) in [4.78, 5) is 26.0. The zero-order chi connectivity index (χ0) is 24.4. The number of para-hydroxylation sites is 2. The van der Waals surface area contributed by atoms with Crippen molar-refractivity contribution in [2.75, 3.05) is 10.6 Å². The second-order valence-corrected chi connectivity index (χ2v) is 10.5. The summed E-state index contributed by atoms with van der Waals surface area (Å²) in [5.41, 5.74) is 4.67. The summed E-state index contributed by atoms with van der Waals surface area (Å²) in [6.45, 7) is 7.67. The monoisotopic (exact) mass is 494 g/mol. The van der Waals surface area contributed by atoms with Crippen LogP contribution in [0.25, 0.3) is 5.69 Å². The van der Waals surface area contributed by atoms with Crippen molar-refractivity contribution in [2.45, 2.75) is 37.3 Å². The van der Waals surface area contributed by atoms with Crippen molar-refractivity contribution in [3.05, 3.63) is 75.7 Å². The maximum absolute atomic E-state index is 13.1. The normalized spacial score (nSPS) is 11.9. The van der Waals surface area contributed by atoms with E-state index in [0.29, 0.717) is 15.2 Å². The fourth-order valence-electron chi connectivity index (χ4n) is 3.57. The van der Waals surface area contributed by atoms with Crippen molar-refractivity contribution in [3.8, 4) is 5.69 Å². The predicted octanol–water partition coefficient (Wildman–Crippen LogP) is 4.82. The molecule has 1 amide bonds. The highest BCUT2D eigenvalue weighted by molar-refractivity contribution is 8.02. The molecule has 10 heteroatoms. The molecule has 0 aliphatic heterocycles. The van der Waals surface area contributed by atoms with Crippen molar-refractivity contribution in [1.29, 1.82) is 0 Å². The van der Waals surface area contributed by atoms with Gasteiger partial charge in [-0.05, 0) is 51.0 Å². The first kappa shape index (κ1) is 23.8. The van der Waals surface area contributed by atoms with Gasteiger partial charge < -0.3 is 10.6 Å². The Kier molecular flexibility index (Phi) is 6.90. The smallest absolute Gasteiger partial charge is 0.295 e. The molecular formula is C24H26N6O2S2. The second-order valence-electron chi connectivity index (χ2n) is 7.95. The average Bonchev–Trinajstić information content (AvgIpc) is 3.34. The number of thioether (sulfide) groups is 1. The fourth-order valence-corrected chi connectivity index (χ4v) is 5.47. The summed E-state index contributed by atoms with van der Waals surface area (Å²) in [5.74, 6) is -0.268. The molecule has 1 atom stereocenters. The minimum Gasteiger partial charge on any atom is -0.330 e. The molecule has 0 fully saturated rings. The van der Waals surface area contributed by atoms with Gasteiger partial charge >= 0.3 is 0 Å². The van der Waals surface area contributed by atoms with Crippen LogP contribution in [0.1, 0.15) is 23.7 Å². The molecule has 2 aromatic heterocycles. The lowest BCUT2D eigenvalue weighted by Gasteiger charge is -2.10. The largest absolute Gasteiger partial charge is 0.330 e. The number of nitrogens with zero attached hydrogens (tertiary/aromatic N) is 4. The maximum Gasteiger partial charge on any atom is 0.295 e. The fraction of sp³-hybridized carbons (Fsp3) is 0.250. The number of anilines is 3. The van der Waals surface area contributed by atoms with Crippen LogP contribution < -0.4 is 16.2 Å². The Morgan fingerprint density at radius 1 is 1.00 bits per heavy atom. The lowest BCUT2D eigenvalue weighted by atomic mass is 10.1. The van der Waals surface area contributed by atoms with Crippen molar-refractivity contribution in [1.82, 2.24) is 19.6 Å². The number of amides is 1. The molecule has 0 saturated carbocycles. The first-order valence-electron chi connectivity index (χ1n) is 10.7. The third kappa shape index (κ3) is 4.78. The molecule has 0 bridgehead atoms. The van der Waals surface area contributed by atoms with E-state index in [1.807, 2.05) is 69.3 Å². The number of rotatable bonds is 7. The van der Waals surface area contributed by atoms with Crippen molar-refractivity contribution >= 4 is 45.5 Å². The van der Waals surface area contributed by atoms with Crippen LogP contribution in [0.3, 0.4) is 0 Å². The molecular weight excluding hydrogens is 468 g/mol. The van der Waals surface area contributed by atoms with Gasteiger partial charge in [-0.3, -0.25) is 14.3 Å². The molecule has 0 radical (unpaired) electrons. The van der Waals surface area contributed by atoms with Crippen LogP contribution in [0, 0.1) is 20.8 Å². The molecule has 4 rings (SSSR count). The van der Waals surface area contributed by atoms with E-state index < -0.39 is 5.25 Å². The van der Waals surface area contributed by atoms with E-state index in [2.05, 4.69) is 20.8 Å². The predicted molar refractivity (Wildman–Crippen MR) is 139 cm³/mol. The van der Waals surface area contributed by atoms with Gasteiger partial charge in [-0.25, -0.2) is 4.68 Å². The maximum atomic E-state index is 13.1. The summed E-state index contributed by atoms with van der Waals surface area (Å²) in [7, 11) is 1.80. The van der Waals surface area contributed by atoms with Crippen LogP contribution in [0.2, 0.25) is 0 Å². The molecule has 0 aliphatic rings. The quantitative estimate of drug-likeness (QED) is 0.358. The van der Waals surface area contributed by atoms with Gasteiger partial charge in [0.2, 0.25) is 11.0 Å². The lowest BCUT2D eigenvalue weighted by molar-refractivity contribution is -0.115. The molecule has 0 spiro atoms. The molecule has 4 aromatic rings. The highest BCUT2D eigenvalue weighted by atomic mass is 32.2. The van der Waals surface area contributed by atoms with Gasteiger partial charge in [-0.15, -0.1) is 10.2 Å². The van der Waals surface area contributed by atoms with Crippen molar-refractivity contribution < 1.29 is 4.79 Å². The van der Waals surface area contributed by atoms with Crippen LogP contribution in [-0.4, -0.2) is 30.7 Å². The average molecular weight is 495 g/mol. The van der Waals surface area contributed by atoms with Gasteiger partial charge in [0, 0.05) is 12.7 Å². The number of carbonyl (C=O) groups is 1. The molecule has 0 aliphatic carbocycles. The Morgan fingerprint density at radius 3 is 2.35 bits per heavy atom. The molecule has 8 nitrogen and oxygen atoms in total. The lowest BCUT2D eigenvalue weighted by Crippen LogP contribution is -2.27. The van der Waals surface area contributed by atoms with Gasteiger partial charge in [0.25, 0.3) is 5.56 Å². The van der Waals surface area contributed by atoms with E-state index >= 15 is 0 Å². The number of carbonyl (C=O) groups excluding carboxylic acids is 1. The third-order valence-corrected chi connectivity index (χ3v) is 7.59. The molecule has 2 aromatic carbocycles. The van der Waals surface area contributed by atoms with Crippen LogP contribution in [-0.2, 0) is 11.8 Å². The molecule has 0 unspecified atom stereocenters. The SMILES string of the molecule is Cc1cccc(C)c1Nc1nnc(S[C@H](C)C(=O)Nc2c(C)n(C)n(-c3ccccc3)c2=O)s1. The number of hydrogen-bond donors (Lipinski definition) is 2. The standard InChI is InChI=1S/C24H26N6O2S2/c1-14-10-9-11-15(2)19(14)26-23-27-28-24(34-23)33-17(4)21(31)25-20-16(3)29(5)30(22(20)32)18-12-7-6-8-13-18/h6-13,17H,1-5H3,(H,25,31)(H,26,27)/t17-/m1/s1. The Bertz CT molecular complexity index is 1370. The first-order chi connectivity index (χ1) is 16.3. The number of nitrogens with one attached hydrogen (secondary N) is 2. The van der Waals surface area contributed by atoms with E-state index in [0.717, 1.165) is 22.5 Å². The van der Waals surface area contributed by atoms with E-state index in [1.54, 1.807) is 23.3 Å². The highest BCUT2D eigenvalue weighted by Crippen LogP contribution is 2.32. The van der Waals surface area contributed by atoms with Crippen LogP contribution in [0.15, 0.2) is 57.7 Å². The number of benzene rings is 2. The van der Waals surface area contributed by atoms with Crippen LogP contribution in [0.4, 0.5) is 16.5 Å². The molecule has 0 saturated heterocycles. The Balaban J connectivity index is 1.46. The van der Waals surface area contributed by atoms with Crippen LogP contribution >= 0.6 is 23.1 Å². The van der Waals surface area contributed by atoms with E-state index in [4.69, 9.17) is 0 Å². The molecule has 34 heavy (non-hydrogen) atoms. The highest BCUT2D eigenvalue weighted by Gasteiger charge is 2.22. The Hall–Kier alpha value is -3.37. The summed E-state index contributed by atoms with van der Waals surface area (Å²) < 4.78 is 3.95. The van der Waals surface area contributed by atoms with E-state index in [9.17, 15) is 9.59 Å². The minimum absolute atomic E-state index is 0.268. The zero-order valence-electron chi connectivity index (χ0n) is 19.6. The third-order valence-electron chi connectivity index (χ3n) is 5.57. The Morgan fingerprint density at radius 2 is 1.68 bits per heavy atom. The first-order valence-corrected chi connectivity index (χ1v) is 12.4. The van der Waals surface area contributed by atoms with Crippen molar-refractivity contribution in [3.63, 3.8) is 0 Å². The Labute approximate surface area is 206 Å². The molecule has 2 heterocycles. The van der Waals surface area contributed by atoms with Crippen molar-refractivity contribution in [2.24, 2.45) is 7.05 Å². The number of aromatic nitrogens is 4. The molecule has 176 valence electrons. The summed E-state index contributed by atoms with van der Waals surface area (Å²) in [5, 5.41) is 14.8. The van der Waals surface area contributed by atoms with Gasteiger partial charge in [0.05, 0.1) is 16.6 Å². The summed E-state index contributed by atoms with van der Waals surface area (Å²) >= 11 is 2.69. The van der Waals surface area contributed by atoms with Gasteiger partial charge in [0.1, 0.15) is 5.69 Å². The summed E-state index contributed by atoms with van der Waals surface area (Å²) in [6.07, 6.45) is 0. The minimum atomic E-state index is -0.467. The van der Waals surface area contributed by atoms with Gasteiger partial charge in [-0.2, -0.15) is 0 Å². The van der Waals surface area contributed by atoms with Gasteiger partial charge in [-0.1, -0.05) is 59.5 Å². The zero-order valence-corrected chi connectivity index (χ0v) is 21.3. The number of aryl methyl sites for hydroxylation is 2. The topological polar surface area (TPSA) is 93.8 Å².